The van der Waals surface area contributed by atoms with Crippen LogP contribution in [-0.4, -0.2) is 24.8 Å². The van der Waals surface area contributed by atoms with Crippen molar-refractivity contribution in [1.29, 1.82) is 0 Å². The summed E-state index contributed by atoms with van der Waals surface area (Å²) in [7, 11) is 1.38. The van der Waals surface area contributed by atoms with E-state index in [1.807, 2.05) is 0 Å². The summed E-state index contributed by atoms with van der Waals surface area (Å²) in [6.45, 7) is 3.96. The Labute approximate surface area is 92.1 Å². The molecule has 1 N–H and O–H groups in total. The van der Waals surface area contributed by atoms with E-state index >= 15 is 0 Å². The van der Waals surface area contributed by atoms with Gasteiger partial charge in [-0.15, -0.1) is 0 Å². The molecule has 0 aromatic carbocycles. The molecule has 3 nitrogen and oxygen atoms in total. The minimum atomic E-state index is -0.296. The van der Waals surface area contributed by atoms with Crippen LogP contribution in [0.1, 0.15) is 44.9 Å². The monoisotopic (exact) mass is 214 g/mol. The van der Waals surface area contributed by atoms with Gasteiger partial charge in [0.05, 0.1) is 7.11 Å². The lowest BCUT2D eigenvalue weighted by atomic mass is 10.1. The number of aliphatic hydroxyl groups excluding tert-OH is 1. The summed E-state index contributed by atoms with van der Waals surface area (Å²) in [6, 6.07) is 0. The third kappa shape index (κ3) is 8.18. The summed E-state index contributed by atoms with van der Waals surface area (Å²) in [5, 5.41) is 8.57. The molecular weight excluding hydrogens is 192 g/mol. The predicted octanol–water partition coefficient (Wildman–Crippen LogP) is 2.44. The highest BCUT2D eigenvalue weighted by molar-refractivity contribution is 5.87. The predicted molar refractivity (Wildman–Crippen MR) is 60.6 cm³/mol. The summed E-state index contributed by atoms with van der Waals surface area (Å²) in [4.78, 5) is 11.0. The Morgan fingerprint density at radius 3 is 2.20 bits per heavy atom. The Hall–Kier alpha value is -0.830. The normalized spacial score (nSPS) is 10.0. The van der Waals surface area contributed by atoms with Gasteiger partial charge in [-0.3, -0.25) is 0 Å². The number of hydrogen-bond acceptors (Lipinski definition) is 3. The van der Waals surface area contributed by atoms with Crippen molar-refractivity contribution in [3.63, 3.8) is 0 Å². The third-order valence-electron chi connectivity index (χ3n) is 2.36. The zero-order valence-corrected chi connectivity index (χ0v) is 9.63. The van der Waals surface area contributed by atoms with Crippen molar-refractivity contribution >= 4 is 5.97 Å². The van der Waals surface area contributed by atoms with Gasteiger partial charge in [0.25, 0.3) is 0 Å². The number of hydrogen-bond donors (Lipinski definition) is 1. The molecule has 0 aliphatic carbocycles. The number of carbonyl (C=O) groups is 1. The van der Waals surface area contributed by atoms with Gasteiger partial charge < -0.3 is 9.84 Å². The molecule has 3 heteroatoms. The lowest BCUT2D eigenvalue weighted by molar-refractivity contribution is -0.136. The standard InChI is InChI=1S/C12H22O3/c1-11(12(14)15-2)9-7-5-3-4-6-8-10-13/h13H,1,3-10H2,2H3. The summed E-state index contributed by atoms with van der Waals surface area (Å²) in [6.07, 6.45) is 7.14. The maximum absolute atomic E-state index is 11.0. The van der Waals surface area contributed by atoms with E-state index < -0.39 is 0 Å². The van der Waals surface area contributed by atoms with E-state index in [0.29, 0.717) is 12.2 Å². The maximum Gasteiger partial charge on any atom is 0.333 e. The summed E-state index contributed by atoms with van der Waals surface area (Å²) >= 11 is 0. The Kier molecular flexibility index (Phi) is 9.18. The van der Waals surface area contributed by atoms with E-state index in [4.69, 9.17) is 5.11 Å². The molecule has 0 atom stereocenters. The van der Waals surface area contributed by atoms with Gasteiger partial charge in [-0.25, -0.2) is 4.79 Å². The lowest BCUT2D eigenvalue weighted by Gasteiger charge is -2.03. The number of rotatable bonds is 9. The average Bonchev–Trinajstić information content (AvgIpc) is 2.26. The van der Waals surface area contributed by atoms with E-state index in [0.717, 1.165) is 44.9 Å². The topological polar surface area (TPSA) is 46.5 Å². The summed E-state index contributed by atoms with van der Waals surface area (Å²) < 4.78 is 4.56. The first kappa shape index (κ1) is 14.2. The van der Waals surface area contributed by atoms with Crippen molar-refractivity contribution in [2.45, 2.75) is 44.9 Å². The number of aliphatic hydroxyl groups is 1. The minimum Gasteiger partial charge on any atom is -0.466 e. The molecule has 0 aliphatic heterocycles. The van der Waals surface area contributed by atoms with E-state index in [1.54, 1.807) is 0 Å². The molecule has 0 aromatic heterocycles. The molecule has 0 saturated heterocycles. The van der Waals surface area contributed by atoms with Gasteiger partial charge in [-0.2, -0.15) is 0 Å². The number of methoxy groups -OCH3 is 1. The van der Waals surface area contributed by atoms with Crippen LogP contribution in [0.5, 0.6) is 0 Å². The number of esters is 1. The SMILES string of the molecule is C=C(CCCCCCCCO)C(=O)OC. The van der Waals surface area contributed by atoms with Gasteiger partial charge in [0.2, 0.25) is 0 Å². The van der Waals surface area contributed by atoms with Crippen molar-refractivity contribution in [3.8, 4) is 0 Å². The fourth-order valence-corrected chi connectivity index (χ4v) is 1.40. The highest BCUT2D eigenvalue weighted by Crippen LogP contribution is 2.11. The van der Waals surface area contributed by atoms with Crippen molar-refractivity contribution in [3.05, 3.63) is 12.2 Å². The fourth-order valence-electron chi connectivity index (χ4n) is 1.40. The summed E-state index contributed by atoms with van der Waals surface area (Å²) in [5.41, 5.74) is 0.563. The largest absolute Gasteiger partial charge is 0.466 e. The van der Waals surface area contributed by atoms with Gasteiger partial charge >= 0.3 is 5.97 Å². The molecule has 0 bridgehead atoms. The van der Waals surface area contributed by atoms with E-state index in [2.05, 4.69) is 11.3 Å². The van der Waals surface area contributed by atoms with Crippen LogP contribution >= 0.6 is 0 Å². The van der Waals surface area contributed by atoms with Gasteiger partial charge in [0.15, 0.2) is 0 Å². The van der Waals surface area contributed by atoms with Crippen molar-refractivity contribution in [1.82, 2.24) is 0 Å². The number of unbranched alkanes of at least 4 members (excludes halogenated alkanes) is 5. The first-order valence-electron chi connectivity index (χ1n) is 5.59. The number of ether oxygens (including phenoxy) is 1. The summed E-state index contributed by atoms with van der Waals surface area (Å²) in [5.74, 6) is -0.296. The third-order valence-corrected chi connectivity index (χ3v) is 2.36. The van der Waals surface area contributed by atoms with Gasteiger partial charge in [0.1, 0.15) is 0 Å². The van der Waals surface area contributed by atoms with Gasteiger partial charge in [-0.1, -0.05) is 32.3 Å². The Morgan fingerprint density at radius 2 is 1.67 bits per heavy atom. The van der Waals surface area contributed by atoms with Crippen LogP contribution in [-0.2, 0) is 9.53 Å². The molecule has 0 saturated carbocycles. The molecule has 0 rings (SSSR count). The van der Waals surface area contributed by atoms with Crippen LogP contribution in [0.4, 0.5) is 0 Å². The minimum absolute atomic E-state index is 0.291. The van der Waals surface area contributed by atoms with E-state index in [9.17, 15) is 4.79 Å². The average molecular weight is 214 g/mol. The lowest BCUT2D eigenvalue weighted by Crippen LogP contribution is -2.03. The first-order chi connectivity index (χ1) is 7.22. The quantitative estimate of drug-likeness (QED) is 0.364. The van der Waals surface area contributed by atoms with Gasteiger partial charge in [0, 0.05) is 12.2 Å². The van der Waals surface area contributed by atoms with E-state index in [1.165, 1.54) is 7.11 Å². The zero-order chi connectivity index (χ0) is 11.5. The maximum atomic E-state index is 11.0. The Morgan fingerprint density at radius 1 is 1.13 bits per heavy atom. The second kappa shape index (κ2) is 9.71. The van der Waals surface area contributed by atoms with Crippen LogP contribution in [0.3, 0.4) is 0 Å². The van der Waals surface area contributed by atoms with Crippen LogP contribution in [0.25, 0.3) is 0 Å². The molecule has 15 heavy (non-hydrogen) atoms. The molecule has 0 aromatic rings. The van der Waals surface area contributed by atoms with Crippen LogP contribution in [0.15, 0.2) is 12.2 Å². The van der Waals surface area contributed by atoms with Crippen LogP contribution < -0.4 is 0 Å². The molecule has 88 valence electrons. The highest BCUT2D eigenvalue weighted by atomic mass is 16.5. The van der Waals surface area contributed by atoms with Gasteiger partial charge in [-0.05, 0) is 19.3 Å². The highest BCUT2D eigenvalue weighted by Gasteiger charge is 2.04. The van der Waals surface area contributed by atoms with Crippen LogP contribution in [0, 0.1) is 0 Å². The first-order valence-corrected chi connectivity index (χ1v) is 5.59. The molecule has 0 amide bonds. The second-order valence-electron chi connectivity index (χ2n) is 3.69. The Bertz CT molecular complexity index is 187. The molecular formula is C12H22O3. The zero-order valence-electron chi connectivity index (χ0n) is 9.63. The van der Waals surface area contributed by atoms with E-state index in [-0.39, 0.29) is 5.97 Å². The van der Waals surface area contributed by atoms with Crippen molar-refractivity contribution < 1.29 is 14.6 Å². The molecule has 0 unspecified atom stereocenters. The van der Waals surface area contributed by atoms with Crippen LogP contribution in [0.2, 0.25) is 0 Å². The Balaban J connectivity index is 3.24. The molecule has 0 spiro atoms. The molecule has 0 fully saturated rings. The molecule has 0 heterocycles. The fraction of sp³-hybridized carbons (Fsp3) is 0.750. The second-order valence-corrected chi connectivity index (χ2v) is 3.69. The molecule has 0 radical (unpaired) electrons. The van der Waals surface area contributed by atoms with Crippen molar-refractivity contribution in [2.75, 3.05) is 13.7 Å². The number of carbonyl (C=O) groups excluding carboxylic acids is 1. The molecule has 0 aliphatic rings. The van der Waals surface area contributed by atoms with Crippen molar-refractivity contribution in [2.24, 2.45) is 0 Å². The smallest absolute Gasteiger partial charge is 0.333 e.